The van der Waals surface area contributed by atoms with Crippen molar-refractivity contribution in [2.75, 3.05) is 26.7 Å². The van der Waals surface area contributed by atoms with Gasteiger partial charge in [-0.25, -0.2) is 9.10 Å². The first-order valence-corrected chi connectivity index (χ1v) is 7.73. The minimum atomic E-state index is -1.19. The summed E-state index contributed by atoms with van der Waals surface area (Å²) in [5.41, 5.74) is 0. The topological polar surface area (TPSA) is 78.9 Å². The van der Waals surface area contributed by atoms with Crippen LogP contribution >= 0.6 is 11.9 Å². The Morgan fingerprint density at radius 3 is 2.45 bits per heavy atom. The fraction of sp³-hybridized carbons (Fsp3) is 0.467. The van der Waals surface area contributed by atoms with Gasteiger partial charge in [-0.1, -0.05) is 13.8 Å². The minimum absolute atomic E-state index is 0.163. The molecule has 0 atom stereocenters. The third-order valence-electron chi connectivity index (χ3n) is 2.65. The fourth-order valence-corrected chi connectivity index (χ4v) is 2.89. The summed E-state index contributed by atoms with van der Waals surface area (Å²) in [4.78, 5) is 23.3. The van der Waals surface area contributed by atoms with Crippen LogP contribution in [0.3, 0.4) is 0 Å². The van der Waals surface area contributed by atoms with E-state index in [-0.39, 0.29) is 18.9 Å². The molecule has 0 saturated heterocycles. The van der Waals surface area contributed by atoms with Crippen LogP contribution in [0.25, 0.3) is 0 Å². The first kappa shape index (κ1) is 18.3. The number of nitrogens with zero attached hydrogens (tertiary/aromatic N) is 1. The van der Waals surface area contributed by atoms with E-state index < -0.39 is 6.09 Å². The van der Waals surface area contributed by atoms with Crippen molar-refractivity contribution < 1.29 is 19.4 Å². The molecule has 0 fully saturated rings. The van der Waals surface area contributed by atoms with Crippen molar-refractivity contribution >= 4 is 23.8 Å². The van der Waals surface area contributed by atoms with Gasteiger partial charge in [-0.05, 0) is 42.1 Å². The summed E-state index contributed by atoms with van der Waals surface area (Å²) in [7, 11) is 1.61. The number of ketones is 1. The molecule has 0 saturated carbocycles. The van der Waals surface area contributed by atoms with Gasteiger partial charge in [0.05, 0.1) is 20.2 Å². The van der Waals surface area contributed by atoms with E-state index in [0.717, 1.165) is 17.2 Å². The Balaban J connectivity index is 2.62. The molecule has 0 aliphatic rings. The van der Waals surface area contributed by atoms with Crippen molar-refractivity contribution in [1.29, 1.82) is 0 Å². The number of ether oxygens (including phenoxy) is 1. The zero-order chi connectivity index (χ0) is 16.5. The van der Waals surface area contributed by atoms with Crippen LogP contribution in [0, 0.1) is 5.92 Å². The first-order valence-electron chi connectivity index (χ1n) is 6.96. The molecule has 0 bridgehead atoms. The molecule has 1 aromatic carbocycles. The number of hydrogen-bond acceptors (Lipinski definition) is 5. The number of carbonyl (C=O) groups is 2. The molecule has 6 nitrogen and oxygen atoms in total. The number of amides is 1. The average molecular weight is 326 g/mol. The van der Waals surface area contributed by atoms with E-state index >= 15 is 0 Å². The van der Waals surface area contributed by atoms with E-state index in [4.69, 9.17) is 9.84 Å². The third kappa shape index (κ3) is 7.33. The van der Waals surface area contributed by atoms with Crippen LogP contribution in [0.5, 0.6) is 5.75 Å². The third-order valence-corrected chi connectivity index (χ3v) is 3.67. The molecule has 0 unspecified atom stereocenters. The Kier molecular flexibility index (Phi) is 7.76. The van der Waals surface area contributed by atoms with Crippen LogP contribution in [-0.4, -0.2) is 48.0 Å². The van der Waals surface area contributed by atoms with Gasteiger partial charge in [0.2, 0.25) is 0 Å². The molecule has 1 rings (SSSR count). The molecular weight excluding hydrogens is 304 g/mol. The second-order valence-electron chi connectivity index (χ2n) is 5.18. The molecule has 2 N–H and O–H groups in total. The van der Waals surface area contributed by atoms with Crippen molar-refractivity contribution in [2.24, 2.45) is 5.92 Å². The van der Waals surface area contributed by atoms with Crippen LogP contribution in [0.2, 0.25) is 0 Å². The number of benzene rings is 1. The standard InChI is InChI=1S/C15H22N2O4S/c1-11(2)9-17(10-12(18)8-16-15(19)20)22-14-6-4-13(21-3)5-7-14/h4-7,11,16H,8-10H2,1-3H3,(H,19,20). The molecule has 0 spiro atoms. The maximum absolute atomic E-state index is 11.8. The Labute approximate surface area is 135 Å². The van der Waals surface area contributed by atoms with E-state index in [1.54, 1.807) is 7.11 Å². The highest BCUT2D eigenvalue weighted by molar-refractivity contribution is 7.97. The van der Waals surface area contributed by atoms with Gasteiger partial charge in [-0.2, -0.15) is 0 Å². The van der Waals surface area contributed by atoms with Crippen LogP contribution in [0.1, 0.15) is 13.8 Å². The molecule has 22 heavy (non-hydrogen) atoms. The van der Waals surface area contributed by atoms with E-state index in [1.807, 2.05) is 28.6 Å². The van der Waals surface area contributed by atoms with Crippen molar-refractivity contribution in [3.63, 3.8) is 0 Å². The minimum Gasteiger partial charge on any atom is -0.497 e. The lowest BCUT2D eigenvalue weighted by molar-refractivity contribution is -0.118. The predicted molar refractivity (Wildman–Crippen MR) is 86.3 cm³/mol. The fourth-order valence-electron chi connectivity index (χ4n) is 1.75. The molecule has 1 amide bonds. The number of carboxylic acid groups (broad SMARTS) is 1. The highest BCUT2D eigenvalue weighted by Gasteiger charge is 2.14. The monoisotopic (exact) mass is 326 g/mol. The Morgan fingerprint density at radius 1 is 1.32 bits per heavy atom. The highest BCUT2D eigenvalue weighted by Crippen LogP contribution is 2.25. The number of nitrogens with one attached hydrogen (secondary N) is 1. The van der Waals surface area contributed by atoms with Crippen LogP contribution in [0.4, 0.5) is 4.79 Å². The quantitative estimate of drug-likeness (QED) is 0.679. The van der Waals surface area contributed by atoms with Gasteiger partial charge in [0.25, 0.3) is 0 Å². The second-order valence-corrected chi connectivity index (χ2v) is 6.35. The lowest BCUT2D eigenvalue weighted by Crippen LogP contribution is -2.35. The SMILES string of the molecule is COc1ccc(SN(CC(=O)CNC(=O)O)CC(C)C)cc1. The van der Waals surface area contributed by atoms with E-state index in [2.05, 4.69) is 19.2 Å². The zero-order valence-corrected chi connectivity index (χ0v) is 13.9. The normalized spacial score (nSPS) is 10.8. The summed E-state index contributed by atoms with van der Waals surface area (Å²) in [5.74, 6) is 1.01. The molecule has 0 aliphatic heterocycles. The van der Waals surface area contributed by atoms with Gasteiger partial charge < -0.3 is 15.2 Å². The number of carbonyl (C=O) groups excluding carboxylic acids is 1. The predicted octanol–water partition coefficient (Wildman–Crippen LogP) is 2.50. The average Bonchev–Trinajstić information content (AvgIpc) is 2.45. The summed E-state index contributed by atoms with van der Waals surface area (Å²) in [5, 5.41) is 10.6. The summed E-state index contributed by atoms with van der Waals surface area (Å²) >= 11 is 1.48. The van der Waals surface area contributed by atoms with Crippen molar-refractivity contribution in [1.82, 2.24) is 9.62 Å². The largest absolute Gasteiger partial charge is 0.497 e. The molecular formula is C15H22N2O4S. The lowest BCUT2D eigenvalue weighted by Gasteiger charge is -2.22. The van der Waals surface area contributed by atoms with Gasteiger partial charge in [-0.15, -0.1) is 0 Å². The zero-order valence-electron chi connectivity index (χ0n) is 13.0. The van der Waals surface area contributed by atoms with E-state index in [9.17, 15) is 9.59 Å². The van der Waals surface area contributed by atoms with Crippen molar-refractivity contribution in [3.8, 4) is 5.75 Å². The van der Waals surface area contributed by atoms with Crippen LogP contribution in [-0.2, 0) is 4.79 Å². The Morgan fingerprint density at radius 2 is 1.95 bits per heavy atom. The van der Waals surface area contributed by atoms with Gasteiger partial charge in [-0.3, -0.25) is 4.79 Å². The molecule has 122 valence electrons. The second kappa shape index (κ2) is 9.32. The Hall–Kier alpha value is -1.73. The van der Waals surface area contributed by atoms with Crippen molar-refractivity contribution in [3.05, 3.63) is 24.3 Å². The summed E-state index contributed by atoms with van der Waals surface area (Å²) in [6.07, 6.45) is -1.19. The number of rotatable bonds is 9. The lowest BCUT2D eigenvalue weighted by atomic mass is 10.2. The number of methoxy groups -OCH3 is 1. The van der Waals surface area contributed by atoms with Gasteiger partial charge >= 0.3 is 6.09 Å². The molecule has 1 aromatic rings. The van der Waals surface area contributed by atoms with Crippen LogP contribution < -0.4 is 10.1 Å². The molecule has 0 heterocycles. The summed E-state index contributed by atoms with van der Waals surface area (Å²) < 4.78 is 7.06. The highest BCUT2D eigenvalue weighted by atomic mass is 32.2. The molecule has 0 aromatic heterocycles. The van der Waals surface area contributed by atoms with E-state index in [0.29, 0.717) is 5.92 Å². The number of hydrogen-bond donors (Lipinski definition) is 2. The first-order chi connectivity index (χ1) is 10.4. The Bertz CT molecular complexity index is 491. The van der Waals surface area contributed by atoms with Gasteiger partial charge in [0, 0.05) is 11.4 Å². The molecule has 0 aliphatic carbocycles. The molecule has 0 radical (unpaired) electrons. The van der Waals surface area contributed by atoms with Crippen molar-refractivity contribution in [2.45, 2.75) is 18.7 Å². The summed E-state index contributed by atoms with van der Waals surface area (Å²) in [6.45, 7) is 4.89. The van der Waals surface area contributed by atoms with Gasteiger partial charge in [0.15, 0.2) is 5.78 Å². The molecule has 7 heteroatoms. The smallest absolute Gasteiger partial charge is 0.405 e. The van der Waals surface area contributed by atoms with Gasteiger partial charge in [0.1, 0.15) is 5.75 Å². The van der Waals surface area contributed by atoms with Crippen LogP contribution in [0.15, 0.2) is 29.2 Å². The van der Waals surface area contributed by atoms with E-state index in [1.165, 1.54) is 11.9 Å². The maximum atomic E-state index is 11.8. The maximum Gasteiger partial charge on any atom is 0.405 e. The summed E-state index contributed by atoms with van der Waals surface area (Å²) in [6, 6.07) is 7.58. The number of Topliss-reactive ketones (excluding diaryl/α,β-unsaturated/α-hetero) is 1.